The number of rotatable bonds is 1. The first-order valence-corrected chi connectivity index (χ1v) is 8.74. The van der Waals surface area contributed by atoms with E-state index < -0.39 is 0 Å². The van der Waals surface area contributed by atoms with E-state index in [9.17, 15) is 0 Å². The zero-order chi connectivity index (χ0) is 13.4. The monoisotopic (exact) mass is 306 g/mol. The van der Waals surface area contributed by atoms with Crippen LogP contribution in [0.25, 0.3) is 0 Å². The number of fused-ring (bicyclic) bond motifs is 2. The summed E-state index contributed by atoms with van der Waals surface area (Å²) in [5.74, 6) is 0. The van der Waals surface area contributed by atoms with Gasteiger partial charge < -0.3 is 0 Å². The van der Waals surface area contributed by atoms with Crippen LogP contribution in [0.5, 0.6) is 0 Å². The van der Waals surface area contributed by atoms with Gasteiger partial charge in [0.1, 0.15) is 0 Å². The molecule has 0 aliphatic carbocycles. The van der Waals surface area contributed by atoms with Crippen molar-refractivity contribution in [2.75, 3.05) is 6.26 Å². The summed E-state index contributed by atoms with van der Waals surface area (Å²) in [7, 11) is 0. The molecule has 2 aromatic rings. The van der Waals surface area contributed by atoms with E-state index in [-0.39, 0.29) is 5.38 Å². The van der Waals surface area contributed by atoms with Gasteiger partial charge in [0.25, 0.3) is 0 Å². The Balaban J connectivity index is 2.10. The number of aryl methyl sites for hydroxylation is 1. The van der Waals surface area contributed by atoms with Crippen LogP contribution in [-0.4, -0.2) is 6.26 Å². The first-order valence-electron chi connectivity index (χ1n) is 6.27. The van der Waals surface area contributed by atoms with E-state index in [2.05, 4.69) is 49.6 Å². The van der Waals surface area contributed by atoms with Crippen LogP contribution in [0.15, 0.2) is 51.1 Å². The van der Waals surface area contributed by atoms with Crippen LogP contribution in [-0.2, 0) is 6.42 Å². The third-order valence-electron chi connectivity index (χ3n) is 3.40. The number of hydrogen-bond donors (Lipinski definition) is 0. The van der Waals surface area contributed by atoms with Gasteiger partial charge in [-0.2, -0.15) is 0 Å². The van der Waals surface area contributed by atoms with E-state index in [0.717, 1.165) is 6.42 Å². The molecule has 2 aromatic carbocycles. The Bertz CT molecular complexity index is 622. The summed E-state index contributed by atoms with van der Waals surface area (Å²) in [5.41, 5.74) is 3.94. The Morgan fingerprint density at radius 2 is 2.00 bits per heavy atom. The number of alkyl halides is 1. The molecule has 0 fully saturated rings. The molecular weight excluding hydrogens is 292 g/mol. The summed E-state index contributed by atoms with van der Waals surface area (Å²) in [5, 5.41) is 0.0681. The second-order valence-corrected chi connectivity index (χ2v) is 7.28. The Kier molecular flexibility index (Phi) is 3.84. The van der Waals surface area contributed by atoms with Gasteiger partial charge in [0.15, 0.2) is 0 Å². The van der Waals surface area contributed by atoms with E-state index in [4.69, 9.17) is 11.6 Å². The van der Waals surface area contributed by atoms with Crippen molar-refractivity contribution in [2.45, 2.75) is 33.4 Å². The molecule has 0 nitrogen and oxygen atoms in total. The highest BCUT2D eigenvalue weighted by atomic mass is 35.5. The maximum atomic E-state index is 6.63. The molecule has 1 aliphatic rings. The van der Waals surface area contributed by atoms with Crippen molar-refractivity contribution in [1.29, 1.82) is 0 Å². The zero-order valence-electron chi connectivity index (χ0n) is 10.9. The van der Waals surface area contributed by atoms with Crippen molar-refractivity contribution in [3.8, 4) is 0 Å². The fraction of sp³-hybridized carbons (Fsp3) is 0.250. The lowest BCUT2D eigenvalue weighted by atomic mass is 10.0. The fourth-order valence-electron chi connectivity index (χ4n) is 2.34. The van der Waals surface area contributed by atoms with E-state index in [0.29, 0.717) is 0 Å². The lowest BCUT2D eigenvalue weighted by molar-refractivity contribution is 0.885. The van der Waals surface area contributed by atoms with Crippen molar-refractivity contribution in [3.05, 3.63) is 53.1 Å². The molecule has 0 radical (unpaired) electrons. The zero-order valence-corrected chi connectivity index (χ0v) is 13.3. The average Bonchev–Trinajstić information content (AvgIpc) is 2.54. The highest BCUT2D eigenvalue weighted by Gasteiger charge is 2.21. The van der Waals surface area contributed by atoms with Crippen LogP contribution in [0.1, 0.15) is 22.1 Å². The standard InChI is InChI=1S/C16H15ClS2/c1-10-3-4-11-8-14(17)13-9-12(18-2)5-6-15(13)19-16(11)7-10/h3-7,9,14H,8H2,1-2H3. The lowest BCUT2D eigenvalue weighted by Crippen LogP contribution is -1.96. The van der Waals surface area contributed by atoms with Crippen LogP contribution in [0.4, 0.5) is 0 Å². The molecule has 3 heteroatoms. The first-order chi connectivity index (χ1) is 9.17. The van der Waals surface area contributed by atoms with Crippen LogP contribution >= 0.6 is 35.1 Å². The maximum Gasteiger partial charge on any atom is 0.0637 e. The quantitative estimate of drug-likeness (QED) is 0.489. The summed E-state index contributed by atoms with van der Waals surface area (Å²) >= 11 is 10.2. The predicted octanol–water partition coefficient (Wildman–Crippen LogP) is 5.70. The second kappa shape index (κ2) is 5.43. The van der Waals surface area contributed by atoms with Gasteiger partial charge in [-0.15, -0.1) is 23.4 Å². The molecule has 0 saturated carbocycles. The Hall–Kier alpha value is -0.570. The second-order valence-electron chi connectivity index (χ2n) is 4.79. The van der Waals surface area contributed by atoms with Gasteiger partial charge in [0, 0.05) is 14.7 Å². The Labute approximate surface area is 127 Å². The van der Waals surface area contributed by atoms with E-state index in [1.807, 2.05) is 11.8 Å². The highest BCUT2D eigenvalue weighted by Crippen LogP contribution is 2.44. The Morgan fingerprint density at radius 3 is 2.79 bits per heavy atom. The molecule has 0 saturated heterocycles. The van der Waals surface area contributed by atoms with Gasteiger partial charge in [-0.25, -0.2) is 0 Å². The maximum absolute atomic E-state index is 6.63. The van der Waals surface area contributed by atoms with Crippen molar-refractivity contribution in [2.24, 2.45) is 0 Å². The van der Waals surface area contributed by atoms with Crippen LogP contribution in [0.2, 0.25) is 0 Å². The molecule has 1 unspecified atom stereocenters. The summed E-state index contributed by atoms with van der Waals surface area (Å²) in [6.45, 7) is 2.14. The molecule has 1 aliphatic heterocycles. The SMILES string of the molecule is CSc1ccc2c(c1)C(Cl)Cc1ccc(C)cc1S2. The van der Waals surface area contributed by atoms with Gasteiger partial charge in [-0.1, -0.05) is 23.9 Å². The van der Waals surface area contributed by atoms with Gasteiger partial charge in [0.05, 0.1) is 5.38 Å². The highest BCUT2D eigenvalue weighted by molar-refractivity contribution is 7.99. The van der Waals surface area contributed by atoms with Crippen molar-refractivity contribution in [1.82, 2.24) is 0 Å². The summed E-state index contributed by atoms with van der Waals surface area (Å²) in [4.78, 5) is 3.93. The number of benzene rings is 2. The summed E-state index contributed by atoms with van der Waals surface area (Å²) in [6.07, 6.45) is 3.02. The van der Waals surface area contributed by atoms with Crippen molar-refractivity contribution < 1.29 is 0 Å². The van der Waals surface area contributed by atoms with Gasteiger partial charge in [0.2, 0.25) is 0 Å². The minimum atomic E-state index is 0.0681. The molecule has 0 N–H and O–H groups in total. The summed E-state index contributed by atoms with van der Waals surface area (Å²) < 4.78 is 0. The largest absolute Gasteiger partial charge is 0.130 e. The van der Waals surface area contributed by atoms with Crippen LogP contribution in [0.3, 0.4) is 0 Å². The molecule has 19 heavy (non-hydrogen) atoms. The van der Waals surface area contributed by atoms with E-state index in [1.54, 1.807) is 11.8 Å². The molecule has 1 atom stereocenters. The minimum Gasteiger partial charge on any atom is -0.130 e. The van der Waals surface area contributed by atoms with Crippen LogP contribution < -0.4 is 0 Å². The van der Waals surface area contributed by atoms with Gasteiger partial charge >= 0.3 is 0 Å². The number of halogens is 1. The van der Waals surface area contributed by atoms with Crippen molar-refractivity contribution in [3.63, 3.8) is 0 Å². The normalized spacial score (nSPS) is 17.5. The molecule has 98 valence electrons. The van der Waals surface area contributed by atoms with Gasteiger partial charge in [-0.05, 0) is 60.6 Å². The first kappa shape index (κ1) is 13.4. The molecule has 0 spiro atoms. The minimum absolute atomic E-state index is 0.0681. The average molecular weight is 307 g/mol. The smallest absolute Gasteiger partial charge is 0.0637 e. The Morgan fingerprint density at radius 1 is 1.16 bits per heavy atom. The number of thioether (sulfide) groups is 1. The number of hydrogen-bond acceptors (Lipinski definition) is 2. The van der Waals surface area contributed by atoms with E-state index in [1.165, 1.54) is 31.4 Å². The van der Waals surface area contributed by atoms with Gasteiger partial charge in [-0.3, -0.25) is 0 Å². The summed E-state index contributed by atoms with van der Waals surface area (Å²) in [6, 6.07) is 13.3. The molecule has 0 bridgehead atoms. The van der Waals surface area contributed by atoms with Crippen molar-refractivity contribution >= 4 is 35.1 Å². The third-order valence-corrected chi connectivity index (χ3v) is 5.70. The molecule has 0 aromatic heterocycles. The fourth-order valence-corrected chi connectivity index (χ4v) is 4.42. The lowest BCUT2D eigenvalue weighted by Gasteiger charge is -2.11. The van der Waals surface area contributed by atoms with E-state index >= 15 is 0 Å². The molecule has 0 amide bonds. The predicted molar refractivity (Wildman–Crippen MR) is 85.8 cm³/mol. The molecular formula is C16H15ClS2. The van der Waals surface area contributed by atoms with Crippen LogP contribution in [0, 0.1) is 6.92 Å². The third kappa shape index (κ3) is 2.67. The topological polar surface area (TPSA) is 0 Å². The molecule has 3 rings (SSSR count). The molecule has 1 heterocycles.